The Morgan fingerprint density at radius 2 is 2.00 bits per heavy atom. The predicted molar refractivity (Wildman–Crippen MR) is 86.9 cm³/mol. The number of nitrogens with zero attached hydrogens (tertiary/aromatic N) is 1. The monoisotopic (exact) mass is 274 g/mol. The molecular formula is C18H30N2. The van der Waals surface area contributed by atoms with E-state index in [-0.39, 0.29) is 5.54 Å². The van der Waals surface area contributed by atoms with E-state index < -0.39 is 0 Å². The van der Waals surface area contributed by atoms with E-state index in [9.17, 15) is 0 Å². The van der Waals surface area contributed by atoms with Gasteiger partial charge in [0.2, 0.25) is 0 Å². The van der Waals surface area contributed by atoms with Crippen LogP contribution in [-0.2, 0) is 6.54 Å². The van der Waals surface area contributed by atoms with E-state index in [0.29, 0.717) is 11.5 Å². The summed E-state index contributed by atoms with van der Waals surface area (Å²) in [5, 5.41) is 3.73. The van der Waals surface area contributed by atoms with Gasteiger partial charge in [0.1, 0.15) is 0 Å². The molecule has 0 saturated carbocycles. The summed E-state index contributed by atoms with van der Waals surface area (Å²) in [6.07, 6.45) is 0. The van der Waals surface area contributed by atoms with E-state index in [4.69, 9.17) is 0 Å². The van der Waals surface area contributed by atoms with Gasteiger partial charge in [0.25, 0.3) is 0 Å². The SMILES string of the molecule is Cc1cccc(CN2CC(C(C)(C)C)NCC2(C)C)c1. The third-order valence-electron chi connectivity index (χ3n) is 4.54. The first-order valence-electron chi connectivity index (χ1n) is 7.72. The van der Waals surface area contributed by atoms with Crippen LogP contribution in [0.25, 0.3) is 0 Å². The molecule has 0 amide bonds. The molecule has 1 aromatic rings. The quantitative estimate of drug-likeness (QED) is 0.886. The van der Waals surface area contributed by atoms with Crippen molar-refractivity contribution in [1.82, 2.24) is 10.2 Å². The number of aryl methyl sites for hydroxylation is 1. The molecule has 1 heterocycles. The summed E-state index contributed by atoms with van der Waals surface area (Å²) < 4.78 is 0. The molecule has 2 nitrogen and oxygen atoms in total. The minimum absolute atomic E-state index is 0.214. The summed E-state index contributed by atoms with van der Waals surface area (Å²) in [4.78, 5) is 2.63. The zero-order valence-electron chi connectivity index (χ0n) is 14.0. The van der Waals surface area contributed by atoms with E-state index in [2.05, 4.69) is 76.0 Å². The number of benzene rings is 1. The molecule has 0 bridgehead atoms. The van der Waals surface area contributed by atoms with Crippen molar-refractivity contribution < 1.29 is 0 Å². The topological polar surface area (TPSA) is 15.3 Å². The third-order valence-corrected chi connectivity index (χ3v) is 4.54. The van der Waals surface area contributed by atoms with E-state index in [1.54, 1.807) is 0 Å². The molecule has 0 radical (unpaired) electrons. The fourth-order valence-electron chi connectivity index (χ4n) is 2.91. The zero-order valence-corrected chi connectivity index (χ0v) is 14.0. The fraction of sp³-hybridized carbons (Fsp3) is 0.667. The fourth-order valence-corrected chi connectivity index (χ4v) is 2.91. The first kappa shape index (κ1) is 15.5. The van der Waals surface area contributed by atoms with Crippen LogP contribution >= 0.6 is 0 Å². The Morgan fingerprint density at radius 1 is 1.30 bits per heavy atom. The number of hydrogen-bond donors (Lipinski definition) is 1. The van der Waals surface area contributed by atoms with Crippen LogP contribution in [0.2, 0.25) is 0 Å². The number of piperazine rings is 1. The predicted octanol–water partition coefficient (Wildman–Crippen LogP) is 3.59. The van der Waals surface area contributed by atoms with Gasteiger partial charge in [-0.1, -0.05) is 50.6 Å². The van der Waals surface area contributed by atoms with E-state index in [1.165, 1.54) is 11.1 Å². The summed E-state index contributed by atoms with van der Waals surface area (Å²) in [5.41, 5.74) is 3.29. The van der Waals surface area contributed by atoms with Gasteiger partial charge in [0.05, 0.1) is 0 Å². The summed E-state index contributed by atoms with van der Waals surface area (Å²) in [7, 11) is 0. The average molecular weight is 274 g/mol. The molecule has 1 fully saturated rings. The summed E-state index contributed by atoms with van der Waals surface area (Å²) >= 11 is 0. The second-order valence-corrected chi connectivity index (χ2v) is 7.98. The first-order chi connectivity index (χ1) is 9.18. The smallest absolute Gasteiger partial charge is 0.0281 e. The second-order valence-electron chi connectivity index (χ2n) is 7.98. The van der Waals surface area contributed by atoms with Gasteiger partial charge in [0.15, 0.2) is 0 Å². The van der Waals surface area contributed by atoms with Crippen LogP contribution in [0, 0.1) is 12.3 Å². The average Bonchev–Trinajstić information content (AvgIpc) is 2.30. The van der Waals surface area contributed by atoms with Crippen LogP contribution < -0.4 is 5.32 Å². The highest BCUT2D eigenvalue weighted by Crippen LogP contribution is 2.28. The van der Waals surface area contributed by atoms with Crippen LogP contribution in [0.15, 0.2) is 24.3 Å². The maximum atomic E-state index is 3.73. The maximum absolute atomic E-state index is 3.73. The van der Waals surface area contributed by atoms with E-state index in [0.717, 1.165) is 19.6 Å². The van der Waals surface area contributed by atoms with Gasteiger partial charge in [0, 0.05) is 31.2 Å². The van der Waals surface area contributed by atoms with Crippen LogP contribution in [0.5, 0.6) is 0 Å². The van der Waals surface area contributed by atoms with Gasteiger partial charge in [-0.05, 0) is 31.7 Å². The molecule has 1 N–H and O–H groups in total. The highest BCUT2D eigenvalue weighted by molar-refractivity contribution is 5.22. The molecule has 2 rings (SSSR count). The summed E-state index contributed by atoms with van der Waals surface area (Å²) in [5.74, 6) is 0. The molecular weight excluding hydrogens is 244 g/mol. The molecule has 1 aromatic carbocycles. The van der Waals surface area contributed by atoms with Crippen molar-refractivity contribution in [3.05, 3.63) is 35.4 Å². The van der Waals surface area contributed by atoms with Gasteiger partial charge in [-0.25, -0.2) is 0 Å². The highest BCUT2D eigenvalue weighted by Gasteiger charge is 2.38. The van der Waals surface area contributed by atoms with Crippen LogP contribution in [0.3, 0.4) is 0 Å². The van der Waals surface area contributed by atoms with Gasteiger partial charge >= 0.3 is 0 Å². The Morgan fingerprint density at radius 3 is 2.60 bits per heavy atom. The minimum Gasteiger partial charge on any atom is -0.310 e. The summed E-state index contributed by atoms with van der Waals surface area (Å²) in [6, 6.07) is 9.45. The summed E-state index contributed by atoms with van der Waals surface area (Å²) in [6.45, 7) is 17.1. The van der Waals surface area contributed by atoms with Crippen LogP contribution in [0.4, 0.5) is 0 Å². The number of nitrogens with one attached hydrogen (secondary N) is 1. The molecule has 1 atom stereocenters. The molecule has 0 aromatic heterocycles. The molecule has 1 aliphatic heterocycles. The molecule has 1 saturated heterocycles. The van der Waals surface area contributed by atoms with Gasteiger partial charge < -0.3 is 5.32 Å². The first-order valence-corrected chi connectivity index (χ1v) is 7.72. The van der Waals surface area contributed by atoms with Crippen molar-refractivity contribution in [2.75, 3.05) is 13.1 Å². The molecule has 1 unspecified atom stereocenters. The largest absolute Gasteiger partial charge is 0.310 e. The Bertz CT molecular complexity index is 457. The van der Waals surface area contributed by atoms with Crippen LogP contribution in [0.1, 0.15) is 45.7 Å². The van der Waals surface area contributed by atoms with Gasteiger partial charge in [-0.15, -0.1) is 0 Å². The van der Waals surface area contributed by atoms with Gasteiger partial charge in [-0.3, -0.25) is 4.90 Å². The normalized spacial score (nSPS) is 23.8. The lowest BCUT2D eigenvalue weighted by Crippen LogP contribution is -2.64. The Labute approximate surface area is 124 Å². The van der Waals surface area contributed by atoms with Crippen molar-refractivity contribution >= 4 is 0 Å². The Balaban J connectivity index is 2.14. The maximum Gasteiger partial charge on any atom is 0.0281 e. The molecule has 0 aliphatic carbocycles. The molecule has 1 aliphatic rings. The Hall–Kier alpha value is -0.860. The lowest BCUT2D eigenvalue weighted by molar-refractivity contribution is 0.0295. The Kier molecular flexibility index (Phi) is 4.27. The third kappa shape index (κ3) is 3.62. The van der Waals surface area contributed by atoms with Crippen molar-refractivity contribution in [2.45, 2.75) is 59.7 Å². The van der Waals surface area contributed by atoms with E-state index >= 15 is 0 Å². The molecule has 2 heteroatoms. The van der Waals surface area contributed by atoms with Crippen LogP contribution in [-0.4, -0.2) is 29.6 Å². The lowest BCUT2D eigenvalue weighted by Gasteiger charge is -2.49. The van der Waals surface area contributed by atoms with Crippen molar-refractivity contribution in [1.29, 1.82) is 0 Å². The van der Waals surface area contributed by atoms with E-state index in [1.807, 2.05) is 0 Å². The van der Waals surface area contributed by atoms with Crippen molar-refractivity contribution in [3.63, 3.8) is 0 Å². The number of rotatable bonds is 2. The zero-order chi connectivity index (χ0) is 15.0. The molecule has 20 heavy (non-hydrogen) atoms. The second kappa shape index (κ2) is 5.50. The number of hydrogen-bond acceptors (Lipinski definition) is 2. The molecule has 112 valence electrons. The lowest BCUT2D eigenvalue weighted by atomic mass is 9.82. The van der Waals surface area contributed by atoms with Crippen molar-refractivity contribution in [3.8, 4) is 0 Å². The molecule has 0 spiro atoms. The van der Waals surface area contributed by atoms with Crippen molar-refractivity contribution in [2.24, 2.45) is 5.41 Å². The standard InChI is InChI=1S/C18H30N2/c1-14-8-7-9-15(10-14)11-20-12-16(17(2,3)4)19-13-18(20,5)6/h7-10,16,19H,11-13H2,1-6H3. The minimum atomic E-state index is 0.214. The van der Waals surface area contributed by atoms with Gasteiger partial charge in [-0.2, -0.15) is 0 Å². The highest BCUT2D eigenvalue weighted by atomic mass is 15.3.